The molecule has 0 bridgehead atoms. The van der Waals surface area contributed by atoms with Crippen LogP contribution in [-0.2, 0) is 10.0 Å². The summed E-state index contributed by atoms with van der Waals surface area (Å²) in [7, 11) is 0.0117. The van der Waals surface area contributed by atoms with Gasteiger partial charge in [-0.3, -0.25) is 0 Å². The van der Waals surface area contributed by atoms with E-state index in [2.05, 4.69) is 5.32 Å². The fraction of sp³-hybridized carbons (Fsp3) is 0.600. The van der Waals surface area contributed by atoms with Crippen LogP contribution < -0.4 is 10.1 Å². The van der Waals surface area contributed by atoms with E-state index in [4.69, 9.17) is 4.74 Å². The van der Waals surface area contributed by atoms with Gasteiger partial charge in [-0.05, 0) is 36.7 Å². The van der Waals surface area contributed by atoms with E-state index in [1.807, 2.05) is 27.8 Å². The van der Waals surface area contributed by atoms with Gasteiger partial charge in [0.05, 0.1) is 4.90 Å². The van der Waals surface area contributed by atoms with Crippen molar-refractivity contribution in [2.75, 3.05) is 33.8 Å². The lowest BCUT2D eigenvalue weighted by atomic mass is 9.97. The van der Waals surface area contributed by atoms with Crippen LogP contribution in [0.3, 0.4) is 0 Å². The molecule has 0 aliphatic carbocycles. The molecule has 120 valence electrons. The van der Waals surface area contributed by atoms with Gasteiger partial charge >= 0.3 is 0 Å². The van der Waals surface area contributed by atoms with Crippen molar-refractivity contribution in [3.8, 4) is 5.75 Å². The molecule has 0 radical (unpaired) electrons. The molecular weight excluding hydrogens is 288 g/mol. The van der Waals surface area contributed by atoms with Gasteiger partial charge in [-0.1, -0.05) is 20.8 Å². The molecule has 0 aliphatic heterocycles. The fourth-order valence-electron chi connectivity index (χ4n) is 1.91. The minimum Gasteiger partial charge on any atom is -0.492 e. The molecule has 0 spiro atoms. The van der Waals surface area contributed by atoms with Crippen LogP contribution in [0.25, 0.3) is 0 Å². The highest BCUT2D eigenvalue weighted by Crippen LogP contribution is 2.22. The maximum atomic E-state index is 12.5. The van der Waals surface area contributed by atoms with Crippen LogP contribution in [-0.4, -0.2) is 46.5 Å². The fourth-order valence-corrected chi connectivity index (χ4v) is 3.31. The maximum absolute atomic E-state index is 12.5. The maximum Gasteiger partial charge on any atom is 0.242 e. The van der Waals surface area contributed by atoms with Gasteiger partial charge in [0.15, 0.2) is 0 Å². The van der Waals surface area contributed by atoms with Crippen LogP contribution >= 0.6 is 0 Å². The smallest absolute Gasteiger partial charge is 0.242 e. The second-order valence-corrected chi connectivity index (χ2v) is 8.29. The third kappa shape index (κ3) is 5.65. The molecule has 0 fully saturated rings. The van der Waals surface area contributed by atoms with Gasteiger partial charge in [-0.15, -0.1) is 0 Å². The minimum atomic E-state index is -3.45. The van der Waals surface area contributed by atoms with E-state index in [9.17, 15) is 8.42 Å². The molecule has 1 aromatic carbocycles. The Kier molecular flexibility index (Phi) is 6.19. The van der Waals surface area contributed by atoms with Crippen LogP contribution in [0.2, 0.25) is 0 Å². The molecule has 0 heterocycles. The number of ether oxygens (including phenoxy) is 1. The van der Waals surface area contributed by atoms with Gasteiger partial charge in [0.25, 0.3) is 0 Å². The number of rotatable bonds is 7. The minimum absolute atomic E-state index is 0.0853. The molecule has 5 nitrogen and oxygen atoms in total. The van der Waals surface area contributed by atoms with Gasteiger partial charge in [-0.25, -0.2) is 12.7 Å². The molecule has 0 saturated carbocycles. The van der Waals surface area contributed by atoms with Crippen molar-refractivity contribution in [1.82, 2.24) is 9.62 Å². The first kappa shape index (κ1) is 17.9. The van der Waals surface area contributed by atoms with E-state index >= 15 is 0 Å². The Balaban J connectivity index is 2.80. The number of nitrogens with one attached hydrogen (secondary N) is 1. The third-order valence-electron chi connectivity index (χ3n) is 2.85. The van der Waals surface area contributed by atoms with Crippen LogP contribution in [0.1, 0.15) is 20.8 Å². The van der Waals surface area contributed by atoms with Crippen LogP contribution in [0.15, 0.2) is 29.2 Å². The predicted octanol–water partition coefficient (Wildman–Crippen LogP) is 1.95. The zero-order chi connectivity index (χ0) is 16.1. The summed E-state index contributed by atoms with van der Waals surface area (Å²) in [5.74, 6) is 0.669. The first-order chi connectivity index (χ1) is 9.66. The lowest BCUT2D eigenvalue weighted by Crippen LogP contribution is -2.34. The number of hydrogen-bond donors (Lipinski definition) is 1. The Hall–Kier alpha value is -1.11. The lowest BCUT2D eigenvalue weighted by Gasteiger charge is -2.26. The molecule has 0 atom stereocenters. The standard InChI is InChI=1S/C15H26N2O3S/c1-15(2,3)12-17(5)21(18,19)14-8-6-13(7-9-14)20-11-10-16-4/h6-9,16H,10-12H2,1-5H3. The second-order valence-electron chi connectivity index (χ2n) is 6.25. The van der Waals surface area contributed by atoms with Gasteiger partial charge in [0.2, 0.25) is 10.0 Å². The van der Waals surface area contributed by atoms with E-state index in [1.165, 1.54) is 4.31 Å². The molecule has 0 aliphatic rings. The van der Waals surface area contributed by atoms with Gasteiger partial charge in [-0.2, -0.15) is 0 Å². The Morgan fingerprint density at radius 1 is 1.19 bits per heavy atom. The lowest BCUT2D eigenvalue weighted by molar-refractivity contribution is 0.310. The number of benzene rings is 1. The van der Waals surface area contributed by atoms with E-state index in [0.717, 1.165) is 6.54 Å². The van der Waals surface area contributed by atoms with Crippen LogP contribution in [0.5, 0.6) is 5.75 Å². The Morgan fingerprint density at radius 2 is 1.76 bits per heavy atom. The Labute approximate surface area is 128 Å². The Morgan fingerprint density at radius 3 is 2.24 bits per heavy atom. The molecule has 0 aromatic heterocycles. The van der Waals surface area contributed by atoms with Crippen LogP contribution in [0.4, 0.5) is 0 Å². The van der Waals surface area contributed by atoms with E-state index in [0.29, 0.717) is 18.9 Å². The normalized spacial score (nSPS) is 12.7. The van der Waals surface area contributed by atoms with Crippen molar-refractivity contribution in [2.24, 2.45) is 5.41 Å². The molecule has 0 amide bonds. The third-order valence-corrected chi connectivity index (χ3v) is 4.67. The average molecular weight is 314 g/mol. The first-order valence-corrected chi connectivity index (χ1v) is 8.44. The first-order valence-electron chi connectivity index (χ1n) is 7.00. The highest BCUT2D eigenvalue weighted by Gasteiger charge is 2.25. The summed E-state index contributed by atoms with van der Waals surface area (Å²) >= 11 is 0. The summed E-state index contributed by atoms with van der Waals surface area (Å²) in [6.45, 7) is 7.80. The predicted molar refractivity (Wildman–Crippen MR) is 85.1 cm³/mol. The summed E-state index contributed by atoms with van der Waals surface area (Å²) in [5.41, 5.74) is -0.0853. The van der Waals surface area contributed by atoms with Crippen molar-refractivity contribution in [3.05, 3.63) is 24.3 Å². The molecule has 1 aromatic rings. The van der Waals surface area contributed by atoms with Crippen molar-refractivity contribution in [3.63, 3.8) is 0 Å². The number of sulfonamides is 1. The number of hydrogen-bond acceptors (Lipinski definition) is 4. The van der Waals surface area contributed by atoms with Gasteiger partial charge < -0.3 is 10.1 Å². The molecule has 1 rings (SSSR count). The summed E-state index contributed by atoms with van der Waals surface area (Å²) in [5, 5.41) is 2.98. The number of nitrogens with zero attached hydrogens (tertiary/aromatic N) is 1. The van der Waals surface area contributed by atoms with Crippen molar-refractivity contribution in [1.29, 1.82) is 0 Å². The number of likely N-dealkylation sites (N-methyl/N-ethyl adjacent to an activating group) is 1. The van der Waals surface area contributed by atoms with Crippen LogP contribution in [0, 0.1) is 5.41 Å². The van der Waals surface area contributed by atoms with Crippen molar-refractivity contribution < 1.29 is 13.2 Å². The van der Waals surface area contributed by atoms with E-state index < -0.39 is 10.0 Å². The zero-order valence-electron chi connectivity index (χ0n) is 13.5. The summed E-state index contributed by atoms with van der Waals surface area (Å²) in [6.07, 6.45) is 0. The highest BCUT2D eigenvalue weighted by atomic mass is 32.2. The van der Waals surface area contributed by atoms with Gasteiger partial charge in [0, 0.05) is 20.1 Å². The second kappa shape index (κ2) is 7.24. The van der Waals surface area contributed by atoms with E-state index in [-0.39, 0.29) is 10.3 Å². The molecule has 21 heavy (non-hydrogen) atoms. The highest BCUT2D eigenvalue weighted by molar-refractivity contribution is 7.89. The monoisotopic (exact) mass is 314 g/mol. The zero-order valence-corrected chi connectivity index (χ0v) is 14.3. The SMILES string of the molecule is CNCCOc1ccc(S(=O)(=O)N(C)CC(C)(C)C)cc1. The summed E-state index contributed by atoms with van der Waals surface area (Å²) in [4.78, 5) is 0.287. The molecule has 0 saturated heterocycles. The average Bonchev–Trinajstić information content (AvgIpc) is 2.37. The van der Waals surface area contributed by atoms with Crippen molar-refractivity contribution >= 4 is 10.0 Å². The topological polar surface area (TPSA) is 58.6 Å². The van der Waals surface area contributed by atoms with Crippen molar-refractivity contribution in [2.45, 2.75) is 25.7 Å². The molecule has 0 unspecified atom stereocenters. The summed E-state index contributed by atoms with van der Waals surface area (Å²) in [6, 6.07) is 6.55. The van der Waals surface area contributed by atoms with Gasteiger partial charge in [0.1, 0.15) is 12.4 Å². The molecule has 6 heteroatoms. The van der Waals surface area contributed by atoms with E-state index in [1.54, 1.807) is 31.3 Å². The summed E-state index contributed by atoms with van der Waals surface area (Å²) < 4.78 is 31.8. The molecule has 1 N–H and O–H groups in total. The molecular formula is C15H26N2O3S. The Bertz CT molecular complexity index is 533. The largest absolute Gasteiger partial charge is 0.492 e. The quantitative estimate of drug-likeness (QED) is 0.782.